The van der Waals surface area contributed by atoms with Crippen LogP contribution in [0.1, 0.15) is 12.8 Å². The number of halogens is 1. The molecule has 9 nitrogen and oxygen atoms in total. The zero-order valence-corrected chi connectivity index (χ0v) is 21.1. The molecule has 36 heavy (non-hydrogen) atoms. The summed E-state index contributed by atoms with van der Waals surface area (Å²) in [6, 6.07) is 9.58. The highest BCUT2D eigenvalue weighted by molar-refractivity contribution is 7.90. The highest BCUT2D eigenvalue weighted by Crippen LogP contribution is 2.32. The van der Waals surface area contributed by atoms with E-state index in [1.165, 1.54) is 28.0 Å². The molecule has 2 aliphatic rings. The summed E-state index contributed by atoms with van der Waals surface area (Å²) in [5, 5.41) is 2.53. The number of anilines is 1. The van der Waals surface area contributed by atoms with Gasteiger partial charge in [0.05, 0.1) is 10.6 Å². The van der Waals surface area contributed by atoms with Gasteiger partial charge in [-0.3, -0.25) is 14.4 Å². The molecule has 192 valence electrons. The third kappa shape index (κ3) is 5.41. The van der Waals surface area contributed by atoms with Crippen LogP contribution in [0.5, 0.6) is 0 Å². The number of hydrogen-bond donors (Lipinski definition) is 1. The maximum atomic E-state index is 15.2. The van der Waals surface area contributed by atoms with Gasteiger partial charge in [-0.15, -0.1) is 0 Å². The van der Waals surface area contributed by atoms with Crippen LogP contribution in [0.3, 0.4) is 0 Å². The normalized spacial score (nSPS) is 19.3. The third-order valence-corrected chi connectivity index (χ3v) is 7.72. The summed E-state index contributed by atoms with van der Waals surface area (Å²) >= 11 is 0. The molecule has 11 heteroatoms. The summed E-state index contributed by atoms with van der Waals surface area (Å²) in [5.74, 6) is -2.70. The van der Waals surface area contributed by atoms with Gasteiger partial charge < -0.3 is 20.0 Å². The fourth-order valence-electron chi connectivity index (χ4n) is 4.54. The molecule has 0 spiro atoms. The van der Waals surface area contributed by atoms with Gasteiger partial charge in [-0.2, -0.15) is 0 Å². The van der Waals surface area contributed by atoms with Crippen LogP contribution < -0.4 is 10.2 Å². The van der Waals surface area contributed by atoms with Gasteiger partial charge >= 0.3 is 11.8 Å². The van der Waals surface area contributed by atoms with Gasteiger partial charge in [0.1, 0.15) is 11.9 Å². The van der Waals surface area contributed by atoms with Gasteiger partial charge in [-0.25, -0.2) is 12.8 Å². The van der Waals surface area contributed by atoms with Crippen molar-refractivity contribution in [3.05, 3.63) is 48.3 Å². The third-order valence-electron chi connectivity index (χ3n) is 6.56. The van der Waals surface area contributed by atoms with E-state index in [2.05, 4.69) is 10.2 Å². The second kappa shape index (κ2) is 10.4. The van der Waals surface area contributed by atoms with Gasteiger partial charge in [0.15, 0.2) is 9.84 Å². The van der Waals surface area contributed by atoms with Gasteiger partial charge in [0.25, 0.3) is 0 Å². The number of carbonyl (C=O) groups is 3. The van der Waals surface area contributed by atoms with Crippen LogP contribution >= 0.6 is 0 Å². The quantitative estimate of drug-likeness (QED) is 0.614. The van der Waals surface area contributed by atoms with Gasteiger partial charge in [-0.05, 0) is 43.7 Å². The van der Waals surface area contributed by atoms with E-state index in [4.69, 9.17) is 0 Å². The molecule has 4 rings (SSSR count). The number of sulfone groups is 1. The molecule has 0 aromatic heterocycles. The Balaban J connectivity index is 1.50. The Bertz CT molecular complexity index is 1290. The average Bonchev–Trinajstić information content (AvgIpc) is 2.85. The number of nitrogens with one attached hydrogen (secondary N) is 1. The largest absolute Gasteiger partial charge is 0.336 e. The number of amides is 3. The zero-order valence-electron chi connectivity index (χ0n) is 20.2. The van der Waals surface area contributed by atoms with E-state index in [1.54, 1.807) is 24.3 Å². The molecule has 0 bridgehead atoms. The lowest BCUT2D eigenvalue weighted by molar-refractivity contribution is -0.147. The van der Waals surface area contributed by atoms with E-state index in [-0.39, 0.29) is 17.1 Å². The number of benzene rings is 2. The van der Waals surface area contributed by atoms with Gasteiger partial charge in [-0.1, -0.05) is 24.3 Å². The van der Waals surface area contributed by atoms with Crippen molar-refractivity contribution in [3.63, 3.8) is 0 Å². The molecular weight excluding hydrogens is 487 g/mol. The number of piperidine rings is 1. The Morgan fingerprint density at radius 3 is 2.39 bits per heavy atom. The van der Waals surface area contributed by atoms with Crippen molar-refractivity contribution in [1.29, 1.82) is 0 Å². The number of carbonyl (C=O) groups excluding carboxylic acids is 3. The van der Waals surface area contributed by atoms with E-state index >= 15 is 4.39 Å². The minimum atomic E-state index is -3.53. The second-order valence-electron chi connectivity index (χ2n) is 9.19. The van der Waals surface area contributed by atoms with Crippen molar-refractivity contribution in [2.24, 2.45) is 0 Å². The Morgan fingerprint density at radius 2 is 1.72 bits per heavy atom. The zero-order chi connectivity index (χ0) is 26.0. The smallest absolute Gasteiger partial charge is 0.311 e. The molecular formula is C25H29FN4O5S. The van der Waals surface area contributed by atoms with E-state index in [9.17, 15) is 22.8 Å². The molecule has 0 radical (unpaired) electrons. The Morgan fingerprint density at radius 1 is 1.03 bits per heavy atom. The van der Waals surface area contributed by atoms with E-state index in [1.807, 2.05) is 7.05 Å². The number of rotatable bonds is 4. The fourth-order valence-corrected chi connectivity index (χ4v) is 5.45. The molecule has 2 aromatic rings. The Kier molecular flexibility index (Phi) is 7.41. The lowest BCUT2D eigenvalue weighted by Gasteiger charge is -2.34. The molecule has 2 heterocycles. The summed E-state index contributed by atoms with van der Waals surface area (Å²) in [6.07, 6.45) is 1.95. The van der Waals surface area contributed by atoms with Crippen LogP contribution in [0, 0.1) is 5.82 Å². The lowest BCUT2D eigenvalue weighted by atomic mass is 10.0. The van der Waals surface area contributed by atoms with Crippen LogP contribution in [0.15, 0.2) is 47.4 Å². The number of nitrogens with zero attached hydrogens (tertiary/aromatic N) is 3. The lowest BCUT2D eigenvalue weighted by Crippen LogP contribution is -2.57. The van der Waals surface area contributed by atoms with Crippen molar-refractivity contribution < 1.29 is 27.2 Å². The van der Waals surface area contributed by atoms with Crippen molar-refractivity contribution in [2.75, 3.05) is 50.9 Å². The van der Waals surface area contributed by atoms with Crippen LogP contribution in [0.2, 0.25) is 0 Å². The minimum absolute atomic E-state index is 0.0323. The second-order valence-corrected chi connectivity index (χ2v) is 11.2. The van der Waals surface area contributed by atoms with Crippen LogP contribution in [-0.4, -0.2) is 88.0 Å². The molecule has 2 aliphatic heterocycles. The summed E-state index contributed by atoms with van der Waals surface area (Å²) in [6.45, 7) is 2.47. The van der Waals surface area contributed by atoms with Gasteiger partial charge in [0.2, 0.25) is 5.91 Å². The molecule has 0 saturated carbocycles. The van der Waals surface area contributed by atoms with Crippen molar-refractivity contribution >= 4 is 33.2 Å². The van der Waals surface area contributed by atoms with Crippen molar-refractivity contribution in [1.82, 2.24) is 15.1 Å². The molecule has 2 fully saturated rings. The standard InChI is InChI=1S/C25H29FN4O5S/c1-28-12-14-29(15-13-28)25(33)23(31)27-20-7-5-11-30(24(20)32)21-10-9-17(16-19(21)26)18-6-3-4-8-22(18)36(2,34)35/h3-4,6,8-10,16,20H,5,7,11-15H2,1-2H3,(H,27,31). The molecule has 1 atom stereocenters. The van der Waals surface area contributed by atoms with Crippen LogP contribution in [0.4, 0.5) is 10.1 Å². The van der Waals surface area contributed by atoms with E-state index in [0.717, 1.165) is 6.26 Å². The topological polar surface area (TPSA) is 107 Å². The Hall–Kier alpha value is -3.31. The maximum absolute atomic E-state index is 15.2. The fraction of sp³-hybridized carbons (Fsp3) is 0.400. The van der Waals surface area contributed by atoms with Crippen LogP contribution in [0.25, 0.3) is 11.1 Å². The SMILES string of the molecule is CN1CCN(C(=O)C(=O)NC2CCCN(c3ccc(-c4ccccc4S(C)(=O)=O)cc3F)C2=O)CC1. The molecule has 3 amide bonds. The first-order valence-corrected chi connectivity index (χ1v) is 13.6. The predicted molar refractivity (Wildman–Crippen MR) is 133 cm³/mol. The summed E-state index contributed by atoms with van der Waals surface area (Å²) < 4.78 is 39.5. The number of piperazine rings is 1. The first-order chi connectivity index (χ1) is 17.1. The summed E-state index contributed by atoms with van der Waals surface area (Å²) in [4.78, 5) is 43.1. The molecule has 2 saturated heterocycles. The number of hydrogen-bond acceptors (Lipinski definition) is 6. The average molecular weight is 517 g/mol. The number of likely N-dealkylation sites (N-methyl/N-ethyl adjacent to an activating group) is 1. The highest BCUT2D eigenvalue weighted by atomic mass is 32.2. The van der Waals surface area contributed by atoms with E-state index < -0.39 is 39.4 Å². The van der Waals surface area contributed by atoms with E-state index in [0.29, 0.717) is 50.1 Å². The first-order valence-electron chi connectivity index (χ1n) is 11.7. The molecule has 1 unspecified atom stereocenters. The first kappa shape index (κ1) is 25.8. The molecule has 2 aromatic carbocycles. The molecule has 0 aliphatic carbocycles. The summed E-state index contributed by atoms with van der Waals surface area (Å²) in [5.41, 5.74) is 0.761. The van der Waals surface area contributed by atoms with Gasteiger partial charge in [0, 0.05) is 44.5 Å². The van der Waals surface area contributed by atoms with Crippen molar-refractivity contribution in [2.45, 2.75) is 23.8 Å². The highest BCUT2D eigenvalue weighted by Gasteiger charge is 2.35. The Labute approximate surface area is 209 Å². The summed E-state index contributed by atoms with van der Waals surface area (Å²) in [7, 11) is -1.59. The molecule has 1 N–H and O–H groups in total. The van der Waals surface area contributed by atoms with Crippen molar-refractivity contribution in [3.8, 4) is 11.1 Å². The minimum Gasteiger partial charge on any atom is -0.336 e. The maximum Gasteiger partial charge on any atom is 0.311 e. The van der Waals surface area contributed by atoms with Crippen LogP contribution in [-0.2, 0) is 24.2 Å². The predicted octanol–water partition coefficient (Wildman–Crippen LogP) is 1.28. The monoisotopic (exact) mass is 516 g/mol.